The summed E-state index contributed by atoms with van der Waals surface area (Å²) in [5, 5.41) is 6.19. The fraction of sp³-hybridized carbons (Fsp3) is 0.357. The van der Waals surface area contributed by atoms with E-state index in [1.807, 2.05) is 6.92 Å². The number of hydrogen-bond acceptors (Lipinski definition) is 4. The first-order valence-electron chi connectivity index (χ1n) is 6.50. The summed E-state index contributed by atoms with van der Waals surface area (Å²) in [6.07, 6.45) is 0. The lowest BCUT2D eigenvalue weighted by Gasteiger charge is -2.21. The number of halogens is 1. The van der Waals surface area contributed by atoms with E-state index in [9.17, 15) is 14.0 Å². The summed E-state index contributed by atoms with van der Waals surface area (Å²) in [4.78, 5) is 23.2. The van der Waals surface area contributed by atoms with E-state index in [4.69, 9.17) is 0 Å². The van der Waals surface area contributed by atoms with Crippen LogP contribution in [0, 0.1) is 5.82 Å². The van der Waals surface area contributed by atoms with Gasteiger partial charge in [0.15, 0.2) is 0 Å². The molecular formula is C14H14FN3O2S. The van der Waals surface area contributed by atoms with Gasteiger partial charge in [-0.3, -0.25) is 9.59 Å². The highest BCUT2D eigenvalue weighted by Gasteiger charge is 2.40. The van der Waals surface area contributed by atoms with Crippen LogP contribution >= 0.6 is 11.8 Å². The molecule has 0 aliphatic carbocycles. The average Bonchev–Trinajstić information content (AvgIpc) is 2.62. The van der Waals surface area contributed by atoms with Gasteiger partial charge in [0.2, 0.25) is 5.91 Å². The molecule has 21 heavy (non-hydrogen) atoms. The van der Waals surface area contributed by atoms with Crippen LogP contribution in [0.15, 0.2) is 17.2 Å². The van der Waals surface area contributed by atoms with E-state index >= 15 is 0 Å². The molecule has 1 unspecified atom stereocenters. The lowest BCUT2D eigenvalue weighted by molar-refractivity contribution is -0.119. The number of amides is 2. The molecule has 2 heterocycles. The number of thioether (sulfide) groups is 1. The number of fused-ring (bicyclic) bond motifs is 1. The molecule has 110 valence electrons. The smallest absolute Gasteiger partial charge is 0.299 e. The third-order valence-electron chi connectivity index (χ3n) is 3.80. The highest BCUT2D eigenvalue weighted by atomic mass is 32.2. The Hall–Kier alpha value is -1.89. The summed E-state index contributed by atoms with van der Waals surface area (Å²) < 4.78 is 14.3. The second-order valence-corrected chi connectivity index (χ2v) is 6.93. The topological polar surface area (TPSA) is 70.6 Å². The molecule has 2 aliphatic heterocycles. The van der Waals surface area contributed by atoms with Crippen LogP contribution in [0.25, 0.3) is 0 Å². The van der Waals surface area contributed by atoms with E-state index < -0.39 is 11.2 Å². The molecule has 2 N–H and O–H groups in total. The van der Waals surface area contributed by atoms with Crippen molar-refractivity contribution in [1.29, 1.82) is 0 Å². The Balaban J connectivity index is 2.12. The van der Waals surface area contributed by atoms with Crippen molar-refractivity contribution in [1.82, 2.24) is 5.43 Å². The van der Waals surface area contributed by atoms with E-state index in [1.54, 1.807) is 19.9 Å². The molecule has 0 bridgehead atoms. The van der Waals surface area contributed by atoms with Crippen molar-refractivity contribution in [3.63, 3.8) is 0 Å². The second-order valence-electron chi connectivity index (χ2n) is 5.62. The molecule has 0 saturated carbocycles. The van der Waals surface area contributed by atoms with Crippen LogP contribution in [0.3, 0.4) is 0 Å². The Kier molecular flexibility index (Phi) is 3.05. The zero-order chi connectivity index (χ0) is 15.4. The summed E-state index contributed by atoms with van der Waals surface area (Å²) in [5.41, 5.74) is 3.61. The minimum atomic E-state index is -0.791. The van der Waals surface area contributed by atoms with Gasteiger partial charge in [0, 0.05) is 5.56 Å². The standard InChI is InChI=1S/C14H14FN3O2S/c1-6-10(17-18-13(20)21-6)7-4-8-11(9(15)5-7)16-12(19)14(8,2)3/h4-6H,1-3H3,(H,16,19)(H,18,20). The van der Waals surface area contributed by atoms with E-state index in [0.29, 0.717) is 16.8 Å². The highest BCUT2D eigenvalue weighted by molar-refractivity contribution is 8.14. The van der Waals surface area contributed by atoms with Crippen molar-refractivity contribution in [2.24, 2.45) is 5.10 Å². The Bertz CT molecular complexity index is 700. The monoisotopic (exact) mass is 307 g/mol. The van der Waals surface area contributed by atoms with E-state index in [0.717, 1.165) is 11.8 Å². The van der Waals surface area contributed by atoms with Gasteiger partial charge in [0.1, 0.15) is 5.82 Å². The fourth-order valence-corrected chi connectivity index (χ4v) is 3.23. The fourth-order valence-electron chi connectivity index (χ4n) is 2.51. The molecule has 0 spiro atoms. The molecule has 1 atom stereocenters. The number of rotatable bonds is 1. The van der Waals surface area contributed by atoms with Crippen molar-refractivity contribution in [3.05, 3.63) is 29.1 Å². The van der Waals surface area contributed by atoms with Gasteiger partial charge in [-0.15, -0.1) is 0 Å². The quantitative estimate of drug-likeness (QED) is 0.838. The maximum absolute atomic E-state index is 14.3. The van der Waals surface area contributed by atoms with Crippen molar-refractivity contribution >= 4 is 34.3 Å². The molecular weight excluding hydrogens is 293 g/mol. The maximum atomic E-state index is 14.3. The maximum Gasteiger partial charge on any atom is 0.299 e. The minimum absolute atomic E-state index is 0.177. The van der Waals surface area contributed by atoms with Crippen molar-refractivity contribution < 1.29 is 14.0 Å². The summed E-state index contributed by atoms with van der Waals surface area (Å²) in [6.45, 7) is 5.34. The predicted octanol–water partition coefficient (Wildman–Crippen LogP) is 2.60. The first kappa shape index (κ1) is 14.1. The second kappa shape index (κ2) is 4.56. The minimum Gasteiger partial charge on any atom is -0.323 e. The number of nitrogens with one attached hydrogen (secondary N) is 2. The lowest BCUT2D eigenvalue weighted by Crippen LogP contribution is -2.30. The van der Waals surface area contributed by atoms with Gasteiger partial charge < -0.3 is 5.32 Å². The van der Waals surface area contributed by atoms with Gasteiger partial charge in [0.05, 0.1) is 22.1 Å². The Morgan fingerprint density at radius 2 is 2.05 bits per heavy atom. The number of benzene rings is 1. The summed E-state index contributed by atoms with van der Waals surface area (Å²) >= 11 is 1.10. The first-order valence-corrected chi connectivity index (χ1v) is 7.38. The van der Waals surface area contributed by atoms with Gasteiger partial charge in [-0.05, 0) is 38.5 Å². The molecule has 0 aromatic heterocycles. The van der Waals surface area contributed by atoms with Crippen molar-refractivity contribution in [3.8, 4) is 0 Å². The van der Waals surface area contributed by atoms with E-state index in [1.165, 1.54) is 6.07 Å². The van der Waals surface area contributed by atoms with Gasteiger partial charge >= 0.3 is 0 Å². The third kappa shape index (κ3) is 2.12. The summed E-state index contributed by atoms with van der Waals surface area (Å²) in [6, 6.07) is 3.11. The molecule has 1 aromatic rings. The van der Waals surface area contributed by atoms with Crippen molar-refractivity contribution in [2.45, 2.75) is 31.4 Å². The Morgan fingerprint density at radius 3 is 2.71 bits per heavy atom. The van der Waals surface area contributed by atoms with Crippen LogP contribution < -0.4 is 10.7 Å². The number of anilines is 1. The largest absolute Gasteiger partial charge is 0.323 e. The Labute approximate surface area is 125 Å². The normalized spacial score (nSPS) is 23.2. The number of hydrazone groups is 1. The lowest BCUT2D eigenvalue weighted by atomic mass is 9.84. The predicted molar refractivity (Wildman–Crippen MR) is 80.2 cm³/mol. The molecule has 2 amide bonds. The van der Waals surface area contributed by atoms with E-state index in [-0.39, 0.29) is 22.1 Å². The van der Waals surface area contributed by atoms with Crippen LogP contribution in [0.1, 0.15) is 31.9 Å². The molecule has 5 nitrogen and oxygen atoms in total. The summed E-state index contributed by atoms with van der Waals surface area (Å²) in [5.74, 6) is -0.715. The molecule has 2 aliphatic rings. The number of hydrogen-bond donors (Lipinski definition) is 2. The Morgan fingerprint density at radius 1 is 1.33 bits per heavy atom. The zero-order valence-corrected chi connectivity index (χ0v) is 12.6. The van der Waals surface area contributed by atoms with Gasteiger partial charge in [-0.1, -0.05) is 11.8 Å². The number of carbonyl (C=O) groups excluding carboxylic acids is 2. The van der Waals surface area contributed by atoms with Crippen molar-refractivity contribution in [2.75, 3.05) is 5.32 Å². The molecule has 0 radical (unpaired) electrons. The average molecular weight is 307 g/mol. The molecule has 7 heteroatoms. The first-order chi connectivity index (χ1) is 9.80. The van der Waals surface area contributed by atoms with Crippen LogP contribution in [0.4, 0.5) is 14.9 Å². The van der Waals surface area contributed by atoms with Crippen LogP contribution in [0.2, 0.25) is 0 Å². The van der Waals surface area contributed by atoms with E-state index in [2.05, 4.69) is 15.8 Å². The third-order valence-corrected chi connectivity index (χ3v) is 4.68. The highest BCUT2D eigenvalue weighted by Crippen LogP contribution is 2.40. The van der Waals surface area contributed by atoms with Gasteiger partial charge in [-0.25, -0.2) is 9.82 Å². The van der Waals surface area contributed by atoms with Crippen LogP contribution in [-0.2, 0) is 10.2 Å². The SMILES string of the molecule is CC1SC(=O)NN=C1c1cc(F)c2c(c1)C(C)(C)C(=O)N2. The number of carbonyl (C=O) groups is 2. The molecule has 0 saturated heterocycles. The molecule has 1 aromatic carbocycles. The molecule has 3 rings (SSSR count). The van der Waals surface area contributed by atoms with Crippen LogP contribution in [0.5, 0.6) is 0 Å². The van der Waals surface area contributed by atoms with Gasteiger partial charge in [0.25, 0.3) is 5.24 Å². The summed E-state index contributed by atoms with van der Waals surface area (Å²) in [7, 11) is 0. The molecule has 0 fully saturated rings. The number of nitrogens with zero attached hydrogens (tertiary/aromatic N) is 1. The van der Waals surface area contributed by atoms with Gasteiger partial charge in [-0.2, -0.15) is 5.10 Å². The van der Waals surface area contributed by atoms with Crippen LogP contribution in [-0.4, -0.2) is 22.1 Å². The zero-order valence-electron chi connectivity index (χ0n) is 11.8.